The number of carbonyl (C=O) groups excluding carboxylic acids is 1. The van der Waals surface area contributed by atoms with Gasteiger partial charge in [0.25, 0.3) is 0 Å². The molecule has 5 nitrogen and oxygen atoms in total. The van der Waals surface area contributed by atoms with Crippen molar-refractivity contribution in [2.45, 2.75) is 37.6 Å². The first kappa shape index (κ1) is 13.8. The summed E-state index contributed by atoms with van der Waals surface area (Å²) in [5, 5.41) is 3.40. The maximum absolute atomic E-state index is 12.1. The second-order valence-corrected chi connectivity index (χ2v) is 5.44. The van der Waals surface area contributed by atoms with Gasteiger partial charge < -0.3 is 20.5 Å². The van der Waals surface area contributed by atoms with E-state index in [4.69, 9.17) is 15.2 Å². The number of methoxy groups -OCH3 is 1. The van der Waals surface area contributed by atoms with Crippen LogP contribution in [0.2, 0.25) is 0 Å². The molecule has 0 radical (unpaired) electrons. The number of hydrogen-bond acceptors (Lipinski definition) is 4. The summed E-state index contributed by atoms with van der Waals surface area (Å²) in [6.07, 6.45) is 4.82. The number of nitrogens with two attached hydrogens (primary N) is 1. The van der Waals surface area contributed by atoms with Gasteiger partial charge in [-0.1, -0.05) is 6.42 Å². The van der Waals surface area contributed by atoms with E-state index in [1.807, 2.05) is 0 Å². The van der Waals surface area contributed by atoms with Crippen molar-refractivity contribution in [3.8, 4) is 0 Å². The Bertz CT molecular complexity index is 303. The molecule has 0 bridgehead atoms. The largest absolute Gasteiger partial charge is 0.383 e. The van der Waals surface area contributed by atoms with Crippen LogP contribution in [-0.4, -0.2) is 44.9 Å². The normalized spacial score (nSPS) is 30.7. The molecule has 1 saturated carbocycles. The minimum Gasteiger partial charge on any atom is -0.383 e. The van der Waals surface area contributed by atoms with Crippen LogP contribution in [0.1, 0.15) is 32.1 Å². The van der Waals surface area contributed by atoms with Gasteiger partial charge in [-0.25, -0.2) is 0 Å². The van der Waals surface area contributed by atoms with E-state index in [1.54, 1.807) is 7.11 Å². The van der Waals surface area contributed by atoms with Gasteiger partial charge in [-0.05, 0) is 25.7 Å². The summed E-state index contributed by atoms with van der Waals surface area (Å²) in [5.74, 6) is -0.210. The van der Waals surface area contributed by atoms with Gasteiger partial charge in [0.1, 0.15) is 5.54 Å². The van der Waals surface area contributed by atoms with Crippen LogP contribution < -0.4 is 11.1 Å². The Morgan fingerprint density at radius 2 is 2.06 bits per heavy atom. The minimum atomic E-state index is -0.560. The maximum atomic E-state index is 12.1. The van der Waals surface area contributed by atoms with E-state index < -0.39 is 5.54 Å². The van der Waals surface area contributed by atoms with Crippen LogP contribution >= 0.6 is 0 Å². The van der Waals surface area contributed by atoms with Gasteiger partial charge in [0, 0.05) is 32.3 Å². The number of primary amides is 1. The van der Waals surface area contributed by atoms with Crippen molar-refractivity contribution in [1.82, 2.24) is 5.32 Å². The van der Waals surface area contributed by atoms with Gasteiger partial charge >= 0.3 is 0 Å². The van der Waals surface area contributed by atoms with Crippen LogP contribution in [0, 0.1) is 5.41 Å². The summed E-state index contributed by atoms with van der Waals surface area (Å²) < 4.78 is 10.5. The van der Waals surface area contributed by atoms with E-state index in [9.17, 15) is 4.79 Å². The molecule has 1 saturated heterocycles. The number of rotatable bonds is 5. The zero-order chi connectivity index (χ0) is 13.1. The molecule has 18 heavy (non-hydrogen) atoms. The van der Waals surface area contributed by atoms with Gasteiger partial charge in [0.05, 0.1) is 6.61 Å². The lowest BCUT2D eigenvalue weighted by Gasteiger charge is -2.47. The number of amides is 1. The van der Waals surface area contributed by atoms with E-state index in [0.29, 0.717) is 13.2 Å². The summed E-state index contributed by atoms with van der Waals surface area (Å²) in [7, 11) is 1.66. The van der Waals surface area contributed by atoms with Gasteiger partial charge in [0.15, 0.2) is 0 Å². The van der Waals surface area contributed by atoms with Crippen molar-refractivity contribution in [3.05, 3.63) is 0 Å². The average molecular weight is 256 g/mol. The van der Waals surface area contributed by atoms with Crippen molar-refractivity contribution in [2.75, 3.05) is 33.5 Å². The Morgan fingerprint density at radius 1 is 1.33 bits per heavy atom. The van der Waals surface area contributed by atoms with Crippen molar-refractivity contribution < 1.29 is 14.3 Å². The molecule has 0 aromatic heterocycles. The van der Waals surface area contributed by atoms with Crippen LogP contribution in [0.5, 0.6) is 0 Å². The first-order valence-corrected chi connectivity index (χ1v) is 6.78. The lowest BCUT2D eigenvalue weighted by Crippen LogP contribution is -2.64. The fourth-order valence-electron chi connectivity index (χ4n) is 3.72. The first-order chi connectivity index (χ1) is 8.67. The summed E-state index contributed by atoms with van der Waals surface area (Å²) in [5.41, 5.74) is 5.17. The Morgan fingerprint density at radius 3 is 2.67 bits per heavy atom. The molecule has 1 aliphatic heterocycles. The smallest absolute Gasteiger partial charge is 0.238 e. The highest BCUT2D eigenvalue weighted by Gasteiger charge is 2.58. The van der Waals surface area contributed by atoms with Crippen molar-refractivity contribution in [3.63, 3.8) is 0 Å². The molecule has 1 unspecified atom stereocenters. The Kier molecular flexibility index (Phi) is 4.25. The second-order valence-electron chi connectivity index (χ2n) is 5.44. The average Bonchev–Trinajstić information content (AvgIpc) is 2.70. The monoisotopic (exact) mass is 256 g/mol. The molecule has 104 valence electrons. The van der Waals surface area contributed by atoms with E-state index in [-0.39, 0.29) is 11.3 Å². The van der Waals surface area contributed by atoms with Crippen molar-refractivity contribution >= 4 is 5.91 Å². The Balaban J connectivity index is 2.18. The number of ether oxygens (including phenoxy) is 2. The van der Waals surface area contributed by atoms with Gasteiger partial charge in [-0.2, -0.15) is 0 Å². The minimum absolute atomic E-state index is 0.00910. The summed E-state index contributed by atoms with van der Waals surface area (Å²) >= 11 is 0. The predicted octanol–water partition coefficient (Wildman–Crippen LogP) is 0.427. The van der Waals surface area contributed by atoms with Gasteiger partial charge in [-0.3, -0.25) is 4.79 Å². The molecule has 3 N–H and O–H groups in total. The molecular weight excluding hydrogens is 232 g/mol. The SMILES string of the molecule is COCCNC1(C(N)=O)CCCC12CCOCC2. The number of carbonyl (C=O) groups is 1. The fraction of sp³-hybridized carbons (Fsp3) is 0.923. The fourth-order valence-corrected chi connectivity index (χ4v) is 3.72. The summed E-state index contributed by atoms with van der Waals surface area (Å²) in [4.78, 5) is 12.1. The van der Waals surface area contributed by atoms with E-state index in [0.717, 1.165) is 45.3 Å². The van der Waals surface area contributed by atoms with Gasteiger partial charge in [0.2, 0.25) is 5.91 Å². The third kappa shape index (κ3) is 2.15. The van der Waals surface area contributed by atoms with Crippen LogP contribution in [0.4, 0.5) is 0 Å². The zero-order valence-electron chi connectivity index (χ0n) is 11.2. The molecule has 2 rings (SSSR count). The molecular formula is C13H24N2O3. The molecule has 5 heteroatoms. The molecule has 0 aromatic rings. The van der Waals surface area contributed by atoms with E-state index in [1.165, 1.54) is 0 Å². The number of nitrogens with one attached hydrogen (secondary N) is 1. The van der Waals surface area contributed by atoms with Crippen LogP contribution in [0.3, 0.4) is 0 Å². The third-order valence-corrected chi connectivity index (χ3v) is 4.72. The number of hydrogen-bond donors (Lipinski definition) is 2. The van der Waals surface area contributed by atoms with Crippen molar-refractivity contribution in [1.29, 1.82) is 0 Å². The second kappa shape index (κ2) is 5.55. The quantitative estimate of drug-likeness (QED) is 0.700. The van der Waals surface area contributed by atoms with Crippen molar-refractivity contribution in [2.24, 2.45) is 11.1 Å². The van der Waals surface area contributed by atoms with E-state index >= 15 is 0 Å². The summed E-state index contributed by atoms with van der Waals surface area (Å²) in [6.45, 7) is 2.74. The molecule has 1 atom stereocenters. The highest BCUT2D eigenvalue weighted by molar-refractivity contribution is 5.86. The molecule has 1 aliphatic carbocycles. The lowest BCUT2D eigenvalue weighted by molar-refractivity contribution is -0.133. The third-order valence-electron chi connectivity index (χ3n) is 4.72. The lowest BCUT2D eigenvalue weighted by atomic mass is 9.66. The van der Waals surface area contributed by atoms with E-state index in [2.05, 4.69) is 5.32 Å². The Labute approximate surface area is 108 Å². The molecule has 0 aromatic carbocycles. The first-order valence-electron chi connectivity index (χ1n) is 6.78. The van der Waals surface area contributed by atoms with Crippen LogP contribution in [0.15, 0.2) is 0 Å². The molecule has 1 heterocycles. The topological polar surface area (TPSA) is 73.6 Å². The maximum Gasteiger partial charge on any atom is 0.238 e. The molecule has 1 spiro atoms. The van der Waals surface area contributed by atoms with Gasteiger partial charge in [-0.15, -0.1) is 0 Å². The highest BCUT2D eigenvalue weighted by atomic mass is 16.5. The molecule has 1 amide bonds. The predicted molar refractivity (Wildman–Crippen MR) is 68.1 cm³/mol. The zero-order valence-corrected chi connectivity index (χ0v) is 11.2. The highest BCUT2D eigenvalue weighted by Crippen LogP contribution is 2.52. The van der Waals surface area contributed by atoms with Crippen LogP contribution in [-0.2, 0) is 14.3 Å². The Hall–Kier alpha value is -0.650. The van der Waals surface area contributed by atoms with Crippen LogP contribution in [0.25, 0.3) is 0 Å². The summed E-state index contributed by atoms with van der Waals surface area (Å²) in [6, 6.07) is 0. The molecule has 2 aliphatic rings. The molecule has 2 fully saturated rings. The standard InChI is InChI=1S/C13H24N2O3/c1-17-10-7-15-13(11(14)16)4-2-3-12(13)5-8-18-9-6-12/h15H,2-10H2,1H3,(H2,14,16).